The first-order chi connectivity index (χ1) is 25.8. The Morgan fingerprint density at radius 3 is 1.94 bits per heavy atom. The molecule has 12 rings (SSSR count). The Kier molecular flexibility index (Phi) is 5.47. The van der Waals surface area contributed by atoms with Crippen LogP contribution in [0.4, 0.5) is 0 Å². The predicted octanol–water partition coefficient (Wildman–Crippen LogP) is 12.3. The van der Waals surface area contributed by atoms with Gasteiger partial charge in [-0.3, -0.25) is 9.97 Å². The zero-order chi connectivity index (χ0) is 33.9. The molecule has 0 fully saturated rings. The van der Waals surface area contributed by atoms with Gasteiger partial charge in [0, 0.05) is 44.4 Å². The van der Waals surface area contributed by atoms with Crippen molar-refractivity contribution in [1.82, 2.24) is 19.1 Å². The molecule has 4 nitrogen and oxygen atoms in total. The molecular weight excluding hydrogens is 633 g/mol. The summed E-state index contributed by atoms with van der Waals surface area (Å²) in [7, 11) is 0. The molecule has 0 N–H and O–H groups in total. The molecule has 0 aliphatic heterocycles. The number of hydrogen-bond acceptors (Lipinski definition) is 2. The molecule has 11 aromatic rings. The summed E-state index contributed by atoms with van der Waals surface area (Å²) in [5, 5.41) is 9.84. The van der Waals surface area contributed by atoms with Gasteiger partial charge in [-0.15, -0.1) is 0 Å². The molecule has 240 valence electrons. The molecule has 0 amide bonds. The summed E-state index contributed by atoms with van der Waals surface area (Å²) in [6.07, 6.45) is 3.91. The van der Waals surface area contributed by atoms with Crippen LogP contribution in [-0.2, 0) is 0 Å². The van der Waals surface area contributed by atoms with Gasteiger partial charge >= 0.3 is 0 Å². The van der Waals surface area contributed by atoms with E-state index in [0.29, 0.717) is 0 Å². The fourth-order valence-corrected chi connectivity index (χ4v) is 8.86. The highest BCUT2D eigenvalue weighted by atomic mass is 15.0. The second-order valence-corrected chi connectivity index (χ2v) is 13.8. The highest BCUT2D eigenvalue weighted by Crippen LogP contribution is 2.47. The fourth-order valence-electron chi connectivity index (χ4n) is 8.86. The van der Waals surface area contributed by atoms with Gasteiger partial charge in [-0.2, -0.15) is 0 Å². The van der Waals surface area contributed by atoms with Crippen molar-refractivity contribution in [3.63, 3.8) is 0 Å². The zero-order valence-electron chi connectivity index (χ0n) is 28.0. The molecular formula is C48H28N4. The quantitative estimate of drug-likeness (QED) is 0.189. The molecule has 0 radical (unpaired) electrons. The van der Waals surface area contributed by atoms with E-state index in [4.69, 9.17) is 9.97 Å². The first-order valence-electron chi connectivity index (χ1n) is 17.7. The highest BCUT2D eigenvalue weighted by Gasteiger charge is 2.25. The van der Waals surface area contributed by atoms with E-state index in [1.165, 1.54) is 82.0 Å². The molecule has 0 saturated carbocycles. The van der Waals surface area contributed by atoms with Gasteiger partial charge in [-0.25, -0.2) is 0 Å². The summed E-state index contributed by atoms with van der Waals surface area (Å²) in [6, 6.07) is 57.4. The Bertz CT molecular complexity index is 3290. The number of para-hydroxylation sites is 2. The van der Waals surface area contributed by atoms with Crippen LogP contribution in [0.25, 0.3) is 110 Å². The van der Waals surface area contributed by atoms with Crippen LogP contribution in [0.3, 0.4) is 0 Å². The summed E-state index contributed by atoms with van der Waals surface area (Å²) in [5.74, 6) is 0. The minimum Gasteiger partial charge on any atom is -0.309 e. The summed E-state index contributed by atoms with van der Waals surface area (Å²) >= 11 is 0. The molecule has 0 saturated heterocycles. The SMILES string of the molecule is c1ccc(-n2c3ccccc3c3cc(-c4ccc5c(c4)c4c6ccccc6ccc4n5-c4cnc5c(c4)-c4cccc6ccnc-5c46)ccc32)cc1. The van der Waals surface area contributed by atoms with Crippen molar-refractivity contribution in [3.8, 4) is 45.0 Å². The second kappa shape index (κ2) is 10.3. The van der Waals surface area contributed by atoms with E-state index in [2.05, 4.69) is 167 Å². The standard InChI is InChI=1S/C48H28N4/c1-2-11-33(12-3-1)51-41-16-7-6-14-36(41)38-25-31(18-20-42(38)51)32-19-21-43-40(26-32)46-35-13-5-4-9-29(35)17-22-44(46)52(43)34-27-39-37-15-8-10-30-23-24-49-48(45(30)37)47(39)50-28-34/h1-28H. The number of benzene rings is 7. The maximum Gasteiger partial charge on any atom is 0.0977 e. The van der Waals surface area contributed by atoms with Crippen LogP contribution in [0, 0.1) is 0 Å². The minimum atomic E-state index is 0.952. The van der Waals surface area contributed by atoms with E-state index in [-0.39, 0.29) is 0 Å². The monoisotopic (exact) mass is 660 g/mol. The number of nitrogens with zero attached hydrogens (tertiary/aromatic N) is 4. The topological polar surface area (TPSA) is 35.6 Å². The highest BCUT2D eigenvalue weighted by molar-refractivity contribution is 6.22. The van der Waals surface area contributed by atoms with Crippen LogP contribution in [0.1, 0.15) is 0 Å². The van der Waals surface area contributed by atoms with E-state index in [0.717, 1.165) is 28.2 Å². The third kappa shape index (κ3) is 3.70. The molecule has 1 aliphatic rings. The lowest BCUT2D eigenvalue weighted by Crippen LogP contribution is -1.96. The predicted molar refractivity (Wildman–Crippen MR) is 216 cm³/mol. The molecule has 1 aliphatic carbocycles. The molecule has 0 unspecified atom stereocenters. The largest absolute Gasteiger partial charge is 0.309 e. The van der Waals surface area contributed by atoms with E-state index in [9.17, 15) is 0 Å². The number of rotatable bonds is 3. The van der Waals surface area contributed by atoms with E-state index in [1.54, 1.807) is 0 Å². The van der Waals surface area contributed by atoms with Gasteiger partial charge in [0.25, 0.3) is 0 Å². The van der Waals surface area contributed by atoms with E-state index in [1.807, 2.05) is 12.4 Å². The lowest BCUT2D eigenvalue weighted by atomic mass is 9.99. The lowest BCUT2D eigenvalue weighted by Gasteiger charge is -2.11. The molecule has 52 heavy (non-hydrogen) atoms. The molecule has 4 heteroatoms. The number of hydrogen-bond donors (Lipinski definition) is 0. The van der Waals surface area contributed by atoms with Crippen LogP contribution in [-0.4, -0.2) is 19.1 Å². The van der Waals surface area contributed by atoms with E-state index >= 15 is 0 Å². The van der Waals surface area contributed by atoms with E-state index < -0.39 is 0 Å². The Labute approximate surface area is 298 Å². The Hall–Kier alpha value is -7.04. The van der Waals surface area contributed by atoms with Crippen molar-refractivity contribution in [1.29, 1.82) is 0 Å². The zero-order valence-corrected chi connectivity index (χ0v) is 28.0. The van der Waals surface area contributed by atoms with Crippen LogP contribution in [0.2, 0.25) is 0 Å². The van der Waals surface area contributed by atoms with Crippen LogP contribution >= 0.6 is 0 Å². The molecule has 0 atom stereocenters. The van der Waals surface area contributed by atoms with Crippen molar-refractivity contribution >= 4 is 65.2 Å². The second-order valence-electron chi connectivity index (χ2n) is 13.8. The van der Waals surface area contributed by atoms with Gasteiger partial charge in [0.2, 0.25) is 0 Å². The Balaban J connectivity index is 1.10. The Morgan fingerprint density at radius 2 is 1.06 bits per heavy atom. The molecule has 0 spiro atoms. The lowest BCUT2D eigenvalue weighted by molar-refractivity contribution is 1.14. The average Bonchev–Trinajstić information content (AvgIpc) is 3.84. The summed E-state index contributed by atoms with van der Waals surface area (Å²) in [5.41, 5.74) is 13.6. The van der Waals surface area contributed by atoms with Crippen LogP contribution in [0.15, 0.2) is 170 Å². The van der Waals surface area contributed by atoms with Crippen molar-refractivity contribution in [2.24, 2.45) is 0 Å². The Morgan fingerprint density at radius 1 is 0.365 bits per heavy atom. The first kappa shape index (κ1) is 27.7. The van der Waals surface area contributed by atoms with Gasteiger partial charge < -0.3 is 9.13 Å². The number of aromatic nitrogens is 4. The number of pyridine rings is 2. The maximum atomic E-state index is 5.09. The summed E-state index contributed by atoms with van der Waals surface area (Å²) in [6.45, 7) is 0. The van der Waals surface area contributed by atoms with Crippen LogP contribution in [0.5, 0.6) is 0 Å². The van der Waals surface area contributed by atoms with Gasteiger partial charge in [-0.1, -0.05) is 97.1 Å². The van der Waals surface area contributed by atoms with Gasteiger partial charge in [0.15, 0.2) is 0 Å². The van der Waals surface area contributed by atoms with Crippen LogP contribution < -0.4 is 0 Å². The molecule has 4 aromatic heterocycles. The smallest absolute Gasteiger partial charge is 0.0977 e. The van der Waals surface area contributed by atoms with Gasteiger partial charge in [-0.05, 0) is 93.5 Å². The minimum absolute atomic E-state index is 0.952. The summed E-state index contributed by atoms with van der Waals surface area (Å²) in [4.78, 5) is 9.85. The van der Waals surface area contributed by atoms with Crippen molar-refractivity contribution in [2.45, 2.75) is 0 Å². The number of fused-ring (bicyclic) bond motifs is 11. The summed E-state index contributed by atoms with van der Waals surface area (Å²) < 4.78 is 4.76. The first-order valence-corrected chi connectivity index (χ1v) is 17.7. The van der Waals surface area contributed by atoms with Crippen molar-refractivity contribution in [2.75, 3.05) is 0 Å². The fraction of sp³-hybridized carbons (Fsp3) is 0. The molecule has 0 bridgehead atoms. The normalized spacial score (nSPS) is 12.2. The maximum absolute atomic E-state index is 5.09. The van der Waals surface area contributed by atoms with Crippen molar-refractivity contribution in [3.05, 3.63) is 170 Å². The molecule has 4 heterocycles. The third-order valence-corrected chi connectivity index (χ3v) is 11.1. The third-order valence-electron chi connectivity index (χ3n) is 11.1. The average molecular weight is 661 g/mol. The van der Waals surface area contributed by atoms with Gasteiger partial charge in [0.1, 0.15) is 0 Å². The van der Waals surface area contributed by atoms with Gasteiger partial charge in [0.05, 0.1) is 45.3 Å². The van der Waals surface area contributed by atoms with Crippen molar-refractivity contribution < 1.29 is 0 Å². The molecule has 7 aromatic carbocycles.